The van der Waals surface area contributed by atoms with E-state index in [1.54, 1.807) is 50.4 Å². The minimum atomic E-state index is -3.69. The summed E-state index contributed by atoms with van der Waals surface area (Å²) in [6.45, 7) is 1.73. The van der Waals surface area contributed by atoms with E-state index >= 15 is 0 Å². The number of hydrogen-bond donors (Lipinski definition) is 1. The monoisotopic (exact) mass is 334 g/mol. The Kier molecular flexibility index (Phi) is 5.23. The van der Waals surface area contributed by atoms with Crippen LogP contribution in [0.15, 0.2) is 52.5 Å². The summed E-state index contributed by atoms with van der Waals surface area (Å²) in [7, 11) is -0.622. The molecule has 0 spiro atoms. The van der Waals surface area contributed by atoms with Crippen LogP contribution in [0.4, 0.5) is 0 Å². The Balaban J connectivity index is 2.17. The first-order valence-electron chi connectivity index (χ1n) is 6.80. The van der Waals surface area contributed by atoms with Crippen LogP contribution in [0.25, 0.3) is 0 Å². The summed E-state index contributed by atoms with van der Waals surface area (Å²) in [4.78, 5) is 2.40. The van der Waals surface area contributed by atoms with Crippen molar-refractivity contribution >= 4 is 16.2 Å². The molecule has 0 aromatic heterocycles. The average Bonchev–Trinajstić information content (AvgIpc) is 2.54. The molecule has 0 aliphatic rings. The van der Waals surface area contributed by atoms with Gasteiger partial charge < -0.3 is 9.47 Å². The summed E-state index contributed by atoms with van der Waals surface area (Å²) >= 11 is 0. The first kappa shape index (κ1) is 16.8. The van der Waals surface area contributed by atoms with Gasteiger partial charge in [-0.1, -0.05) is 18.2 Å². The van der Waals surface area contributed by atoms with E-state index in [0.717, 1.165) is 0 Å². The average molecular weight is 334 g/mol. The van der Waals surface area contributed by atoms with Crippen molar-refractivity contribution in [1.82, 2.24) is 4.83 Å². The molecule has 2 rings (SSSR count). The molecule has 23 heavy (non-hydrogen) atoms. The number of hydrazone groups is 1. The second-order valence-corrected chi connectivity index (χ2v) is 6.36. The smallest absolute Gasteiger partial charge is 0.276 e. The SMILES string of the molecule is COc1ccc(/C=N/NS(=O)(=O)c2ccccc2C)cc1OC. The molecule has 1 N–H and O–H groups in total. The largest absolute Gasteiger partial charge is 0.493 e. The van der Waals surface area contributed by atoms with Crippen molar-refractivity contribution in [2.24, 2.45) is 5.10 Å². The van der Waals surface area contributed by atoms with Gasteiger partial charge in [0.2, 0.25) is 0 Å². The number of nitrogens with one attached hydrogen (secondary N) is 1. The van der Waals surface area contributed by atoms with E-state index in [1.165, 1.54) is 19.4 Å². The van der Waals surface area contributed by atoms with Crippen molar-refractivity contribution in [3.63, 3.8) is 0 Å². The number of aryl methyl sites for hydroxylation is 1. The topological polar surface area (TPSA) is 77.0 Å². The first-order valence-corrected chi connectivity index (χ1v) is 8.29. The lowest BCUT2D eigenvalue weighted by Gasteiger charge is -2.08. The van der Waals surface area contributed by atoms with Gasteiger partial charge in [0.15, 0.2) is 11.5 Å². The number of benzene rings is 2. The molecule has 0 bridgehead atoms. The Hall–Kier alpha value is -2.54. The van der Waals surface area contributed by atoms with Crippen LogP contribution >= 0.6 is 0 Å². The van der Waals surface area contributed by atoms with Crippen LogP contribution in [0.3, 0.4) is 0 Å². The van der Waals surface area contributed by atoms with Gasteiger partial charge in [-0.25, -0.2) is 4.83 Å². The summed E-state index contributed by atoms with van der Waals surface area (Å²) < 4.78 is 34.7. The van der Waals surface area contributed by atoms with Crippen LogP contribution in [-0.4, -0.2) is 28.9 Å². The molecule has 0 radical (unpaired) electrons. The van der Waals surface area contributed by atoms with Crippen LogP contribution in [0, 0.1) is 6.92 Å². The number of nitrogens with zero attached hydrogens (tertiary/aromatic N) is 1. The molecule has 0 unspecified atom stereocenters. The molecule has 2 aromatic carbocycles. The Morgan fingerprint density at radius 3 is 2.39 bits per heavy atom. The summed E-state index contributed by atoms with van der Waals surface area (Å²) in [5.74, 6) is 1.13. The molecule has 7 heteroatoms. The molecule has 6 nitrogen and oxygen atoms in total. The summed E-state index contributed by atoms with van der Waals surface area (Å²) in [6, 6.07) is 11.9. The highest BCUT2D eigenvalue weighted by Gasteiger charge is 2.14. The summed E-state index contributed by atoms with van der Waals surface area (Å²) in [5.41, 5.74) is 1.33. The van der Waals surface area contributed by atoms with Crippen LogP contribution in [0.1, 0.15) is 11.1 Å². The van der Waals surface area contributed by atoms with Gasteiger partial charge in [0.25, 0.3) is 10.0 Å². The summed E-state index contributed by atoms with van der Waals surface area (Å²) in [5, 5.41) is 3.80. The Morgan fingerprint density at radius 1 is 1.04 bits per heavy atom. The van der Waals surface area contributed by atoms with Crippen molar-refractivity contribution in [2.45, 2.75) is 11.8 Å². The highest BCUT2D eigenvalue weighted by atomic mass is 32.2. The van der Waals surface area contributed by atoms with E-state index in [-0.39, 0.29) is 4.90 Å². The number of hydrogen-bond acceptors (Lipinski definition) is 5. The minimum Gasteiger partial charge on any atom is -0.493 e. The molecule has 0 aliphatic carbocycles. The van der Waals surface area contributed by atoms with Crippen LogP contribution in [-0.2, 0) is 10.0 Å². The van der Waals surface area contributed by atoms with E-state index in [9.17, 15) is 8.42 Å². The van der Waals surface area contributed by atoms with Crippen molar-refractivity contribution in [1.29, 1.82) is 0 Å². The van der Waals surface area contributed by atoms with E-state index in [4.69, 9.17) is 9.47 Å². The molecule has 0 heterocycles. The zero-order valence-corrected chi connectivity index (χ0v) is 13.9. The first-order chi connectivity index (χ1) is 11.0. The third-order valence-corrected chi connectivity index (χ3v) is 4.56. The van der Waals surface area contributed by atoms with Gasteiger partial charge in [-0.05, 0) is 42.3 Å². The van der Waals surface area contributed by atoms with Gasteiger partial charge in [-0.15, -0.1) is 0 Å². The minimum absolute atomic E-state index is 0.199. The second-order valence-electron chi connectivity index (χ2n) is 4.73. The van der Waals surface area contributed by atoms with Gasteiger partial charge in [-0.3, -0.25) is 0 Å². The highest BCUT2D eigenvalue weighted by molar-refractivity contribution is 7.89. The van der Waals surface area contributed by atoms with Crippen LogP contribution in [0.5, 0.6) is 11.5 Å². The lowest BCUT2D eigenvalue weighted by atomic mass is 10.2. The second kappa shape index (κ2) is 7.15. The fourth-order valence-electron chi connectivity index (χ4n) is 2.01. The number of methoxy groups -OCH3 is 2. The Bertz CT molecular complexity index is 817. The molecule has 0 fully saturated rings. The molecule has 2 aromatic rings. The fourth-order valence-corrected chi connectivity index (χ4v) is 3.05. The maximum atomic E-state index is 12.2. The lowest BCUT2D eigenvalue weighted by Crippen LogP contribution is -2.19. The number of ether oxygens (including phenoxy) is 2. The maximum Gasteiger partial charge on any atom is 0.276 e. The fraction of sp³-hybridized carbons (Fsp3) is 0.188. The van der Waals surface area contributed by atoms with Gasteiger partial charge in [0.05, 0.1) is 25.3 Å². The van der Waals surface area contributed by atoms with Crippen molar-refractivity contribution < 1.29 is 17.9 Å². The van der Waals surface area contributed by atoms with Crippen LogP contribution < -0.4 is 14.3 Å². The number of rotatable bonds is 6. The molecule has 0 amide bonds. The van der Waals surface area contributed by atoms with E-state index < -0.39 is 10.0 Å². The molecular weight excluding hydrogens is 316 g/mol. The van der Waals surface area contributed by atoms with Gasteiger partial charge in [0.1, 0.15) is 0 Å². The molecule has 0 aliphatic heterocycles. The zero-order chi connectivity index (χ0) is 16.9. The molecule has 0 atom stereocenters. The maximum absolute atomic E-state index is 12.2. The molecule has 122 valence electrons. The quantitative estimate of drug-likeness (QED) is 0.650. The predicted octanol–water partition coefficient (Wildman–Crippen LogP) is 2.32. The molecular formula is C16H18N2O4S. The summed E-state index contributed by atoms with van der Waals surface area (Å²) in [6.07, 6.45) is 1.40. The molecule has 0 saturated carbocycles. The van der Waals surface area contributed by atoms with Gasteiger partial charge in [-0.2, -0.15) is 13.5 Å². The molecule has 0 saturated heterocycles. The van der Waals surface area contributed by atoms with Gasteiger partial charge in [0, 0.05) is 0 Å². The Morgan fingerprint density at radius 2 is 1.74 bits per heavy atom. The van der Waals surface area contributed by atoms with E-state index in [0.29, 0.717) is 22.6 Å². The van der Waals surface area contributed by atoms with E-state index in [1.807, 2.05) is 0 Å². The third-order valence-electron chi connectivity index (χ3n) is 3.18. The van der Waals surface area contributed by atoms with Gasteiger partial charge >= 0.3 is 0 Å². The van der Waals surface area contributed by atoms with Crippen molar-refractivity contribution in [3.05, 3.63) is 53.6 Å². The highest BCUT2D eigenvalue weighted by Crippen LogP contribution is 2.26. The predicted molar refractivity (Wildman–Crippen MR) is 88.6 cm³/mol. The van der Waals surface area contributed by atoms with Crippen molar-refractivity contribution in [3.8, 4) is 11.5 Å². The number of sulfonamides is 1. The van der Waals surface area contributed by atoms with E-state index in [2.05, 4.69) is 9.93 Å². The third kappa shape index (κ3) is 4.01. The zero-order valence-electron chi connectivity index (χ0n) is 13.1. The normalized spacial score (nSPS) is 11.4. The lowest BCUT2D eigenvalue weighted by molar-refractivity contribution is 0.355. The van der Waals surface area contributed by atoms with Crippen molar-refractivity contribution in [2.75, 3.05) is 14.2 Å². The Labute approximate surface area is 135 Å². The van der Waals surface area contributed by atoms with Crippen LogP contribution in [0.2, 0.25) is 0 Å². The standard InChI is InChI=1S/C16H18N2O4S/c1-12-6-4-5-7-16(12)23(19,20)18-17-11-13-8-9-14(21-2)15(10-13)22-3/h4-11,18H,1-3H3/b17-11+.